The second kappa shape index (κ2) is 6.14. The van der Waals surface area contributed by atoms with Crippen molar-refractivity contribution in [3.05, 3.63) is 17.7 Å². The Kier molecular flexibility index (Phi) is 4.24. The van der Waals surface area contributed by atoms with Gasteiger partial charge in [0.1, 0.15) is 5.75 Å². The zero-order valence-corrected chi connectivity index (χ0v) is 13.3. The highest BCUT2D eigenvalue weighted by molar-refractivity contribution is 5.67. The quantitative estimate of drug-likeness (QED) is 0.869. The lowest BCUT2D eigenvalue weighted by Crippen LogP contribution is -2.49. The van der Waals surface area contributed by atoms with Gasteiger partial charge in [-0.2, -0.15) is 0 Å². The predicted octanol–water partition coefficient (Wildman–Crippen LogP) is 2.65. The Morgan fingerprint density at radius 2 is 1.76 bits per heavy atom. The van der Waals surface area contributed by atoms with Crippen LogP contribution in [-0.2, 0) is 0 Å². The molecule has 0 unspecified atom stereocenters. The van der Waals surface area contributed by atoms with Crippen molar-refractivity contribution in [2.45, 2.75) is 38.6 Å². The molecule has 4 nitrogen and oxygen atoms in total. The van der Waals surface area contributed by atoms with E-state index in [4.69, 9.17) is 10.5 Å². The number of nitrogen functional groups attached to an aromatic ring is 1. The smallest absolute Gasteiger partial charge is 0.144 e. The fourth-order valence-electron chi connectivity index (χ4n) is 3.70. The van der Waals surface area contributed by atoms with Gasteiger partial charge in [0.15, 0.2) is 0 Å². The number of nitrogens with zero attached hydrogens (tertiary/aromatic N) is 2. The number of methoxy groups -OCH3 is 1. The van der Waals surface area contributed by atoms with E-state index >= 15 is 0 Å². The third-order valence-corrected chi connectivity index (χ3v) is 5.06. The normalized spacial score (nSPS) is 21.0. The molecule has 0 amide bonds. The molecule has 4 heteroatoms. The van der Waals surface area contributed by atoms with Crippen LogP contribution in [0.4, 0.5) is 11.4 Å². The van der Waals surface area contributed by atoms with E-state index in [1.807, 2.05) is 6.07 Å². The van der Waals surface area contributed by atoms with Crippen molar-refractivity contribution in [1.29, 1.82) is 0 Å². The lowest BCUT2D eigenvalue weighted by atomic mass is 10.1. The summed E-state index contributed by atoms with van der Waals surface area (Å²) in [4.78, 5) is 5.12. The number of ether oxygens (including phenoxy) is 1. The van der Waals surface area contributed by atoms with E-state index in [0.717, 1.165) is 49.2 Å². The Labute approximate surface area is 127 Å². The Bertz CT molecular complexity index is 489. The molecule has 116 valence electrons. The highest BCUT2D eigenvalue weighted by atomic mass is 16.5. The van der Waals surface area contributed by atoms with Gasteiger partial charge in [0.25, 0.3) is 0 Å². The number of piperazine rings is 1. The number of hydrogen-bond donors (Lipinski definition) is 1. The van der Waals surface area contributed by atoms with E-state index in [-0.39, 0.29) is 0 Å². The lowest BCUT2D eigenvalue weighted by Gasteiger charge is -2.39. The Balaban J connectivity index is 1.70. The molecular formula is C17H27N3O. The number of nitrogens with two attached hydrogens (primary N) is 1. The average molecular weight is 289 g/mol. The van der Waals surface area contributed by atoms with Gasteiger partial charge in [-0.05, 0) is 31.4 Å². The largest absolute Gasteiger partial charge is 0.495 e. The first-order valence-corrected chi connectivity index (χ1v) is 8.12. The summed E-state index contributed by atoms with van der Waals surface area (Å²) in [6.07, 6.45) is 5.61. The molecule has 0 atom stereocenters. The molecule has 0 aromatic heterocycles. The summed E-state index contributed by atoms with van der Waals surface area (Å²) in [5.41, 5.74) is 9.12. The molecule has 0 spiro atoms. The van der Waals surface area contributed by atoms with Crippen molar-refractivity contribution in [1.82, 2.24) is 4.90 Å². The average Bonchev–Trinajstić information content (AvgIpc) is 3.04. The zero-order valence-electron chi connectivity index (χ0n) is 13.3. The van der Waals surface area contributed by atoms with Crippen molar-refractivity contribution >= 4 is 11.4 Å². The molecule has 0 radical (unpaired) electrons. The molecule has 1 saturated carbocycles. The molecule has 1 heterocycles. The van der Waals surface area contributed by atoms with Crippen LogP contribution in [-0.4, -0.2) is 44.2 Å². The first-order chi connectivity index (χ1) is 10.2. The molecule has 21 heavy (non-hydrogen) atoms. The van der Waals surface area contributed by atoms with Crippen LogP contribution in [0.15, 0.2) is 12.1 Å². The summed E-state index contributed by atoms with van der Waals surface area (Å²) in [5.74, 6) is 0.896. The zero-order chi connectivity index (χ0) is 14.8. The molecule has 1 aromatic rings. The molecule has 1 aliphatic heterocycles. The standard InChI is InChI=1S/C17H27N3O/c1-13-11-16(17(21-2)12-15(13)18)20-9-7-19(8-10-20)14-5-3-4-6-14/h11-12,14H,3-10,18H2,1-2H3. The van der Waals surface area contributed by atoms with Crippen LogP contribution in [0.5, 0.6) is 5.75 Å². The molecule has 3 rings (SSSR count). The van der Waals surface area contributed by atoms with Gasteiger partial charge in [0, 0.05) is 44.0 Å². The van der Waals surface area contributed by atoms with Gasteiger partial charge in [0.05, 0.1) is 12.8 Å². The lowest BCUT2D eigenvalue weighted by molar-refractivity contribution is 0.187. The number of aryl methyl sites for hydroxylation is 1. The minimum Gasteiger partial charge on any atom is -0.495 e. The molecular weight excluding hydrogens is 262 g/mol. The van der Waals surface area contributed by atoms with E-state index < -0.39 is 0 Å². The molecule has 1 aliphatic carbocycles. The minimum atomic E-state index is 0.806. The van der Waals surface area contributed by atoms with Gasteiger partial charge in [-0.25, -0.2) is 0 Å². The number of hydrogen-bond acceptors (Lipinski definition) is 4. The van der Waals surface area contributed by atoms with Crippen LogP contribution >= 0.6 is 0 Å². The van der Waals surface area contributed by atoms with Gasteiger partial charge in [0.2, 0.25) is 0 Å². The van der Waals surface area contributed by atoms with Crippen LogP contribution in [0, 0.1) is 6.92 Å². The van der Waals surface area contributed by atoms with Crippen molar-refractivity contribution in [3.63, 3.8) is 0 Å². The molecule has 2 aliphatic rings. The first kappa shape index (κ1) is 14.5. The Morgan fingerprint density at radius 3 is 2.38 bits per heavy atom. The third-order valence-electron chi connectivity index (χ3n) is 5.06. The van der Waals surface area contributed by atoms with Crippen LogP contribution < -0.4 is 15.4 Å². The third kappa shape index (κ3) is 2.95. The SMILES string of the molecule is COc1cc(N)c(C)cc1N1CCN(C2CCCC2)CC1. The summed E-state index contributed by atoms with van der Waals surface area (Å²) < 4.78 is 5.53. The van der Waals surface area contributed by atoms with E-state index in [2.05, 4.69) is 22.8 Å². The van der Waals surface area contributed by atoms with Crippen LogP contribution in [0.2, 0.25) is 0 Å². The highest BCUT2D eigenvalue weighted by Crippen LogP contribution is 2.34. The summed E-state index contributed by atoms with van der Waals surface area (Å²) in [6.45, 7) is 6.55. The van der Waals surface area contributed by atoms with Gasteiger partial charge >= 0.3 is 0 Å². The number of benzene rings is 1. The molecule has 2 N–H and O–H groups in total. The Hall–Kier alpha value is -1.42. The Morgan fingerprint density at radius 1 is 1.10 bits per heavy atom. The van der Waals surface area contributed by atoms with Crippen molar-refractivity contribution < 1.29 is 4.74 Å². The minimum absolute atomic E-state index is 0.806. The molecule has 0 bridgehead atoms. The topological polar surface area (TPSA) is 41.7 Å². The van der Waals surface area contributed by atoms with Crippen molar-refractivity contribution in [3.8, 4) is 5.75 Å². The van der Waals surface area contributed by atoms with Gasteiger partial charge < -0.3 is 15.4 Å². The summed E-state index contributed by atoms with van der Waals surface area (Å²) >= 11 is 0. The fourth-order valence-corrected chi connectivity index (χ4v) is 3.70. The maximum Gasteiger partial charge on any atom is 0.144 e. The number of anilines is 2. The first-order valence-electron chi connectivity index (χ1n) is 8.12. The second-order valence-corrected chi connectivity index (χ2v) is 6.34. The van der Waals surface area contributed by atoms with E-state index in [1.165, 1.54) is 31.4 Å². The fraction of sp³-hybridized carbons (Fsp3) is 0.647. The van der Waals surface area contributed by atoms with Crippen molar-refractivity contribution in [2.24, 2.45) is 0 Å². The molecule has 2 fully saturated rings. The summed E-state index contributed by atoms with van der Waals surface area (Å²) in [5, 5.41) is 0. The molecule has 1 aromatic carbocycles. The van der Waals surface area contributed by atoms with Gasteiger partial charge in [-0.15, -0.1) is 0 Å². The van der Waals surface area contributed by atoms with Crippen LogP contribution in [0.25, 0.3) is 0 Å². The predicted molar refractivity (Wildman–Crippen MR) is 88.2 cm³/mol. The van der Waals surface area contributed by atoms with Gasteiger partial charge in [-0.3, -0.25) is 4.90 Å². The highest BCUT2D eigenvalue weighted by Gasteiger charge is 2.27. The van der Waals surface area contributed by atoms with E-state index in [9.17, 15) is 0 Å². The van der Waals surface area contributed by atoms with E-state index in [1.54, 1.807) is 7.11 Å². The van der Waals surface area contributed by atoms with E-state index in [0.29, 0.717) is 0 Å². The second-order valence-electron chi connectivity index (χ2n) is 6.34. The maximum absolute atomic E-state index is 5.99. The van der Waals surface area contributed by atoms with Crippen LogP contribution in [0.3, 0.4) is 0 Å². The van der Waals surface area contributed by atoms with Gasteiger partial charge in [-0.1, -0.05) is 12.8 Å². The summed E-state index contributed by atoms with van der Waals surface area (Å²) in [6, 6.07) is 4.95. The monoisotopic (exact) mass is 289 g/mol. The summed E-state index contributed by atoms with van der Waals surface area (Å²) in [7, 11) is 1.72. The van der Waals surface area contributed by atoms with Crippen molar-refractivity contribution in [2.75, 3.05) is 43.9 Å². The molecule has 1 saturated heterocycles. The van der Waals surface area contributed by atoms with Crippen LogP contribution in [0.1, 0.15) is 31.2 Å². The maximum atomic E-state index is 5.99. The number of rotatable bonds is 3.